The van der Waals surface area contributed by atoms with E-state index in [1.165, 1.54) is 18.0 Å². The maximum absolute atomic E-state index is 13.5. The summed E-state index contributed by atoms with van der Waals surface area (Å²) in [5, 5.41) is 5.35. The Bertz CT molecular complexity index is 1400. The lowest BCUT2D eigenvalue weighted by Crippen LogP contribution is -2.51. The molecular weight excluding hydrogens is 533 g/mol. The summed E-state index contributed by atoms with van der Waals surface area (Å²) in [5.74, 6) is -0.877. The molecule has 0 aromatic heterocycles. The number of halogens is 2. The molecule has 1 N–H and O–H groups in total. The Kier molecular flexibility index (Phi) is 9.58. The van der Waals surface area contributed by atoms with Crippen molar-refractivity contribution in [3.8, 4) is 0 Å². The molecule has 7 nitrogen and oxygen atoms in total. The minimum atomic E-state index is -3.97. The Hall–Kier alpha value is -2.65. The summed E-state index contributed by atoms with van der Waals surface area (Å²) >= 11 is 12.4. The summed E-state index contributed by atoms with van der Waals surface area (Å²) in [6, 6.07) is 16.2. The molecule has 0 aliphatic carbocycles. The van der Waals surface area contributed by atoms with Crippen molar-refractivity contribution >= 4 is 55.8 Å². The maximum atomic E-state index is 13.5. The highest BCUT2D eigenvalue weighted by Crippen LogP contribution is 2.24. The van der Waals surface area contributed by atoms with E-state index in [0.717, 1.165) is 21.5 Å². The highest BCUT2D eigenvalue weighted by atomic mass is 35.5. The third-order valence-corrected chi connectivity index (χ3v) is 8.70. The van der Waals surface area contributed by atoms with Crippen LogP contribution in [0.5, 0.6) is 0 Å². The highest BCUT2D eigenvalue weighted by molar-refractivity contribution is 7.89. The molecular formula is C27H31Cl2N3O4S. The molecule has 0 aliphatic rings. The van der Waals surface area contributed by atoms with E-state index in [9.17, 15) is 18.0 Å². The van der Waals surface area contributed by atoms with Crippen molar-refractivity contribution in [2.45, 2.75) is 50.7 Å². The van der Waals surface area contributed by atoms with E-state index in [1.54, 1.807) is 37.3 Å². The molecule has 0 fully saturated rings. The maximum Gasteiger partial charge on any atom is 0.243 e. The van der Waals surface area contributed by atoms with E-state index in [-0.39, 0.29) is 23.4 Å². The molecule has 0 heterocycles. The van der Waals surface area contributed by atoms with Crippen LogP contribution in [-0.4, -0.2) is 55.1 Å². The van der Waals surface area contributed by atoms with E-state index in [2.05, 4.69) is 5.32 Å². The van der Waals surface area contributed by atoms with Gasteiger partial charge in [0.1, 0.15) is 6.04 Å². The number of benzene rings is 3. The standard InChI is InChI=1S/C27H31Cl2N3O4S/c1-5-18(2)30-27(34)19(3)32(16-22-10-12-23(28)15-25(22)29)26(33)17-31(4)37(35,36)24-13-11-20-8-6-7-9-21(20)14-24/h6-15,18-19H,5,16-17H2,1-4H3,(H,30,34)/t18-,19+/m1/s1. The summed E-state index contributed by atoms with van der Waals surface area (Å²) in [6.07, 6.45) is 0.724. The molecule has 2 amide bonds. The number of carbonyl (C=O) groups excluding carboxylic acids is 2. The van der Waals surface area contributed by atoms with Crippen molar-refractivity contribution in [1.29, 1.82) is 0 Å². The second-order valence-electron chi connectivity index (χ2n) is 9.02. The minimum Gasteiger partial charge on any atom is -0.352 e. The molecule has 37 heavy (non-hydrogen) atoms. The number of hydrogen-bond donors (Lipinski definition) is 1. The second-order valence-corrected chi connectivity index (χ2v) is 11.9. The molecule has 3 aromatic carbocycles. The van der Waals surface area contributed by atoms with E-state index in [0.29, 0.717) is 15.6 Å². The molecule has 0 spiro atoms. The quantitative estimate of drug-likeness (QED) is 0.371. The SMILES string of the molecule is CC[C@@H](C)NC(=O)[C@H](C)N(Cc1ccc(Cl)cc1Cl)C(=O)CN(C)S(=O)(=O)c1ccc2ccccc2c1. The Morgan fingerprint density at radius 3 is 2.30 bits per heavy atom. The van der Waals surface area contributed by atoms with Gasteiger partial charge in [0.05, 0.1) is 11.4 Å². The molecule has 0 aliphatic heterocycles. The van der Waals surface area contributed by atoms with Gasteiger partial charge in [0.15, 0.2) is 0 Å². The fourth-order valence-corrected chi connectivity index (χ4v) is 5.38. The van der Waals surface area contributed by atoms with Gasteiger partial charge in [-0.15, -0.1) is 0 Å². The number of rotatable bonds is 10. The first kappa shape index (κ1) is 28.9. The Morgan fingerprint density at radius 1 is 0.973 bits per heavy atom. The summed E-state index contributed by atoms with van der Waals surface area (Å²) in [5.41, 5.74) is 0.586. The van der Waals surface area contributed by atoms with Gasteiger partial charge in [-0.1, -0.05) is 66.5 Å². The highest BCUT2D eigenvalue weighted by Gasteiger charge is 2.31. The molecule has 3 rings (SSSR count). The van der Waals surface area contributed by atoms with Crippen LogP contribution in [0.15, 0.2) is 65.6 Å². The first-order chi connectivity index (χ1) is 17.4. The second kappa shape index (κ2) is 12.3. The van der Waals surface area contributed by atoms with Crippen molar-refractivity contribution < 1.29 is 18.0 Å². The number of carbonyl (C=O) groups is 2. The summed E-state index contributed by atoms with van der Waals surface area (Å²) < 4.78 is 27.6. The molecule has 3 aromatic rings. The lowest BCUT2D eigenvalue weighted by atomic mass is 10.1. The van der Waals surface area contributed by atoms with Crippen molar-refractivity contribution in [1.82, 2.24) is 14.5 Å². The fraction of sp³-hybridized carbons (Fsp3) is 0.333. The van der Waals surface area contributed by atoms with E-state index in [1.807, 2.05) is 38.1 Å². The van der Waals surface area contributed by atoms with Crippen molar-refractivity contribution in [3.05, 3.63) is 76.3 Å². The number of nitrogens with one attached hydrogen (secondary N) is 1. The van der Waals surface area contributed by atoms with Gasteiger partial charge < -0.3 is 10.2 Å². The number of hydrogen-bond acceptors (Lipinski definition) is 4. The van der Waals surface area contributed by atoms with E-state index >= 15 is 0 Å². The third-order valence-electron chi connectivity index (χ3n) is 6.31. The number of amides is 2. The van der Waals surface area contributed by atoms with Crippen LogP contribution in [0.1, 0.15) is 32.8 Å². The molecule has 0 unspecified atom stereocenters. The average molecular weight is 565 g/mol. The topological polar surface area (TPSA) is 86.8 Å². The molecule has 0 bridgehead atoms. The largest absolute Gasteiger partial charge is 0.352 e. The van der Waals surface area contributed by atoms with Gasteiger partial charge in [0, 0.05) is 29.7 Å². The number of likely N-dealkylation sites (N-methyl/N-ethyl adjacent to an activating group) is 1. The van der Waals surface area contributed by atoms with Gasteiger partial charge in [0.2, 0.25) is 21.8 Å². The van der Waals surface area contributed by atoms with E-state index in [4.69, 9.17) is 23.2 Å². The Balaban J connectivity index is 1.87. The Morgan fingerprint density at radius 2 is 1.65 bits per heavy atom. The van der Waals surface area contributed by atoms with Crippen LogP contribution in [0.2, 0.25) is 10.0 Å². The molecule has 198 valence electrons. The zero-order valence-electron chi connectivity index (χ0n) is 21.2. The van der Waals surface area contributed by atoms with Crippen molar-refractivity contribution in [3.63, 3.8) is 0 Å². The predicted molar refractivity (Wildman–Crippen MR) is 148 cm³/mol. The summed E-state index contributed by atoms with van der Waals surface area (Å²) in [4.78, 5) is 27.8. The summed E-state index contributed by atoms with van der Waals surface area (Å²) in [7, 11) is -2.63. The van der Waals surface area contributed by atoms with Crippen molar-refractivity contribution in [2.24, 2.45) is 0 Å². The van der Waals surface area contributed by atoms with Gasteiger partial charge in [-0.25, -0.2) is 8.42 Å². The fourth-order valence-electron chi connectivity index (χ4n) is 3.76. The van der Waals surface area contributed by atoms with Crippen LogP contribution in [0.25, 0.3) is 10.8 Å². The van der Waals surface area contributed by atoms with Crippen LogP contribution in [-0.2, 0) is 26.2 Å². The lowest BCUT2D eigenvalue weighted by Gasteiger charge is -2.31. The van der Waals surface area contributed by atoms with Gasteiger partial charge in [-0.2, -0.15) is 4.31 Å². The van der Waals surface area contributed by atoms with Crippen molar-refractivity contribution in [2.75, 3.05) is 13.6 Å². The smallest absolute Gasteiger partial charge is 0.243 e. The molecule has 0 radical (unpaired) electrons. The molecule has 0 saturated heterocycles. The van der Waals surface area contributed by atoms with Crippen LogP contribution < -0.4 is 5.32 Å². The monoisotopic (exact) mass is 563 g/mol. The first-order valence-corrected chi connectivity index (χ1v) is 14.1. The van der Waals surface area contributed by atoms with Gasteiger partial charge in [-0.3, -0.25) is 9.59 Å². The van der Waals surface area contributed by atoms with Crippen LogP contribution in [0.4, 0.5) is 0 Å². The number of nitrogens with zero attached hydrogens (tertiary/aromatic N) is 2. The third kappa shape index (κ3) is 7.02. The Labute approximate surface area is 228 Å². The predicted octanol–water partition coefficient (Wildman–Crippen LogP) is 5.10. The normalized spacial score (nSPS) is 13.4. The summed E-state index contributed by atoms with van der Waals surface area (Å²) in [6.45, 7) is 4.97. The van der Waals surface area contributed by atoms with Crippen LogP contribution >= 0.6 is 23.2 Å². The van der Waals surface area contributed by atoms with Gasteiger partial charge in [0.25, 0.3) is 0 Å². The zero-order chi connectivity index (χ0) is 27.3. The minimum absolute atomic E-state index is 0.00773. The van der Waals surface area contributed by atoms with E-state index < -0.39 is 28.5 Å². The number of sulfonamides is 1. The number of fused-ring (bicyclic) bond motifs is 1. The first-order valence-electron chi connectivity index (χ1n) is 11.9. The van der Waals surface area contributed by atoms with Gasteiger partial charge >= 0.3 is 0 Å². The van der Waals surface area contributed by atoms with Crippen LogP contribution in [0, 0.1) is 0 Å². The van der Waals surface area contributed by atoms with Crippen LogP contribution in [0.3, 0.4) is 0 Å². The lowest BCUT2D eigenvalue weighted by molar-refractivity contribution is -0.140. The molecule has 0 saturated carbocycles. The molecule has 10 heteroatoms. The van der Waals surface area contributed by atoms with Gasteiger partial charge in [-0.05, 0) is 60.9 Å². The zero-order valence-corrected chi connectivity index (χ0v) is 23.6. The molecule has 2 atom stereocenters. The average Bonchev–Trinajstić information content (AvgIpc) is 2.87.